The Hall–Kier alpha value is -1.62. The van der Waals surface area contributed by atoms with Gasteiger partial charge >= 0.3 is 0 Å². The molecular weight excluding hydrogens is 370 g/mol. The predicted octanol–water partition coefficient (Wildman–Crippen LogP) is 4.44. The van der Waals surface area contributed by atoms with Crippen LogP contribution in [-0.2, 0) is 13.1 Å². The van der Waals surface area contributed by atoms with Gasteiger partial charge in [-0.1, -0.05) is 18.2 Å². The number of ether oxygens (including phenoxy) is 1. The molecule has 1 aromatic heterocycles. The van der Waals surface area contributed by atoms with Crippen LogP contribution in [0.3, 0.4) is 0 Å². The van der Waals surface area contributed by atoms with E-state index in [0.717, 1.165) is 50.1 Å². The van der Waals surface area contributed by atoms with Crippen molar-refractivity contribution in [2.24, 2.45) is 5.92 Å². The Balaban J connectivity index is 0.00000225. The molecule has 1 atom stereocenters. The highest BCUT2D eigenvalue weighted by molar-refractivity contribution is 5.85. The molecule has 1 saturated heterocycles. The molecule has 152 valence electrons. The quantitative estimate of drug-likeness (QED) is 0.709. The second kappa shape index (κ2) is 10.8. The van der Waals surface area contributed by atoms with Gasteiger partial charge in [-0.3, -0.25) is 9.88 Å². The van der Waals surface area contributed by atoms with E-state index in [0.29, 0.717) is 6.04 Å². The summed E-state index contributed by atoms with van der Waals surface area (Å²) in [6.45, 7) is 4.99. The van der Waals surface area contributed by atoms with Crippen LogP contribution in [0.1, 0.15) is 43.4 Å². The minimum atomic E-state index is 0. The van der Waals surface area contributed by atoms with Crippen LogP contribution in [0.2, 0.25) is 0 Å². The topological polar surface area (TPSA) is 37.4 Å². The summed E-state index contributed by atoms with van der Waals surface area (Å²) in [7, 11) is 0. The fraction of sp³-hybridized carbons (Fsp3) is 0.522. The van der Waals surface area contributed by atoms with Gasteiger partial charge in [0.05, 0.1) is 12.3 Å². The van der Waals surface area contributed by atoms with Gasteiger partial charge in [0.1, 0.15) is 5.75 Å². The van der Waals surface area contributed by atoms with Crippen LogP contribution >= 0.6 is 12.4 Å². The normalized spacial score (nSPS) is 19.7. The Bertz CT molecular complexity index is 683. The van der Waals surface area contributed by atoms with E-state index in [1.54, 1.807) is 0 Å². The molecule has 2 heterocycles. The van der Waals surface area contributed by atoms with Crippen molar-refractivity contribution in [3.63, 3.8) is 0 Å². The highest BCUT2D eigenvalue weighted by Crippen LogP contribution is 2.29. The lowest BCUT2D eigenvalue weighted by Crippen LogP contribution is -2.35. The van der Waals surface area contributed by atoms with E-state index in [9.17, 15) is 0 Å². The molecule has 1 saturated carbocycles. The standard InChI is InChI=1S/C23H31N3O.ClH/c1-2-14-25-21(4-1)17-26(22-5-3-13-24-15-12-22)16-19-8-10-23(11-9-19)27-18-20-6-7-20;/h1-2,4,8-11,14,20,22,24H,3,5-7,12-13,15-18H2;1H. The smallest absolute Gasteiger partial charge is 0.119 e. The van der Waals surface area contributed by atoms with Crippen molar-refractivity contribution in [3.8, 4) is 5.75 Å². The highest BCUT2D eigenvalue weighted by Gasteiger charge is 2.22. The van der Waals surface area contributed by atoms with Gasteiger partial charge in [0.2, 0.25) is 0 Å². The maximum Gasteiger partial charge on any atom is 0.119 e. The lowest BCUT2D eigenvalue weighted by molar-refractivity contribution is 0.162. The lowest BCUT2D eigenvalue weighted by Gasteiger charge is -2.31. The van der Waals surface area contributed by atoms with Crippen LogP contribution < -0.4 is 10.1 Å². The molecule has 1 aromatic carbocycles. The van der Waals surface area contributed by atoms with Gasteiger partial charge in [0.15, 0.2) is 0 Å². The number of hydrogen-bond donors (Lipinski definition) is 1. The number of benzene rings is 1. The van der Waals surface area contributed by atoms with E-state index in [1.807, 2.05) is 12.3 Å². The fourth-order valence-corrected chi connectivity index (χ4v) is 3.80. The molecule has 0 bridgehead atoms. The summed E-state index contributed by atoms with van der Waals surface area (Å²) >= 11 is 0. The highest BCUT2D eigenvalue weighted by atomic mass is 35.5. The summed E-state index contributed by atoms with van der Waals surface area (Å²) in [5.74, 6) is 1.79. The van der Waals surface area contributed by atoms with Gasteiger partial charge in [0.25, 0.3) is 0 Å². The number of nitrogens with zero attached hydrogens (tertiary/aromatic N) is 2. The van der Waals surface area contributed by atoms with Crippen LogP contribution in [0.15, 0.2) is 48.7 Å². The zero-order chi connectivity index (χ0) is 18.3. The minimum Gasteiger partial charge on any atom is -0.493 e. The molecule has 0 amide bonds. The first-order valence-corrected chi connectivity index (χ1v) is 10.4. The second-order valence-electron chi connectivity index (χ2n) is 7.96. The molecule has 4 rings (SSSR count). The summed E-state index contributed by atoms with van der Waals surface area (Å²) < 4.78 is 5.89. The summed E-state index contributed by atoms with van der Waals surface area (Å²) in [6.07, 6.45) is 8.26. The maximum absolute atomic E-state index is 5.89. The molecule has 1 aliphatic heterocycles. The van der Waals surface area contributed by atoms with Gasteiger partial charge in [-0.2, -0.15) is 0 Å². The SMILES string of the molecule is Cl.c1ccc(CN(Cc2ccc(OCC3CC3)cc2)C2CCCNCC2)nc1. The first-order valence-electron chi connectivity index (χ1n) is 10.4. The molecule has 4 nitrogen and oxygen atoms in total. The first kappa shape index (κ1) is 21.1. The summed E-state index contributed by atoms with van der Waals surface area (Å²) in [5, 5.41) is 3.54. The molecule has 1 N–H and O–H groups in total. The van der Waals surface area contributed by atoms with Gasteiger partial charge in [-0.15, -0.1) is 12.4 Å². The zero-order valence-corrected chi connectivity index (χ0v) is 17.4. The number of halogens is 1. The average Bonchev–Trinajstić information content (AvgIpc) is 3.55. The number of aromatic nitrogens is 1. The molecule has 2 aliphatic rings. The maximum atomic E-state index is 5.89. The van der Waals surface area contributed by atoms with Crippen molar-refractivity contribution in [1.29, 1.82) is 0 Å². The fourth-order valence-electron chi connectivity index (χ4n) is 3.80. The van der Waals surface area contributed by atoms with Gasteiger partial charge in [-0.05, 0) is 80.9 Å². The zero-order valence-electron chi connectivity index (χ0n) is 16.6. The van der Waals surface area contributed by atoms with Crippen molar-refractivity contribution >= 4 is 12.4 Å². The number of pyridine rings is 1. The van der Waals surface area contributed by atoms with Crippen molar-refractivity contribution in [3.05, 3.63) is 59.9 Å². The third-order valence-electron chi connectivity index (χ3n) is 5.64. The molecule has 28 heavy (non-hydrogen) atoms. The largest absolute Gasteiger partial charge is 0.493 e. The third-order valence-corrected chi connectivity index (χ3v) is 5.64. The van der Waals surface area contributed by atoms with Gasteiger partial charge < -0.3 is 10.1 Å². The van der Waals surface area contributed by atoms with E-state index >= 15 is 0 Å². The Morgan fingerprint density at radius 1 is 0.964 bits per heavy atom. The van der Waals surface area contributed by atoms with Crippen molar-refractivity contribution in [1.82, 2.24) is 15.2 Å². The van der Waals surface area contributed by atoms with Crippen LogP contribution in [0.4, 0.5) is 0 Å². The monoisotopic (exact) mass is 401 g/mol. The Morgan fingerprint density at radius 3 is 2.57 bits per heavy atom. The van der Waals surface area contributed by atoms with Crippen LogP contribution in [0.25, 0.3) is 0 Å². The van der Waals surface area contributed by atoms with Crippen LogP contribution in [-0.4, -0.2) is 35.6 Å². The Kier molecular flexibility index (Phi) is 8.13. The van der Waals surface area contributed by atoms with Crippen molar-refractivity contribution < 1.29 is 4.74 Å². The molecule has 2 fully saturated rings. The summed E-state index contributed by atoms with van der Waals surface area (Å²) in [5.41, 5.74) is 2.50. The molecular formula is C23H32ClN3O. The van der Waals surface area contributed by atoms with Gasteiger partial charge in [-0.25, -0.2) is 0 Å². The van der Waals surface area contributed by atoms with Crippen molar-refractivity contribution in [2.75, 3.05) is 19.7 Å². The third kappa shape index (κ3) is 6.47. The second-order valence-corrected chi connectivity index (χ2v) is 7.96. The molecule has 5 heteroatoms. The van der Waals surface area contributed by atoms with E-state index in [4.69, 9.17) is 4.74 Å². The predicted molar refractivity (Wildman–Crippen MR) is 116 cm³/mol. The molecule has 0 spiro atoms. The van der Waals surface area contributed by atoms with E-state index in [1.165, 1.54) is 37.7 Å². The number of nitrogens with one attached hydrogen (secondary N) is 1. The molecule has 2 aromatic rings. The summed E-state index contributed by atoms with van der Waals surface area (Å²) in [4.78, 5) is 7.17. The van der Waals surface area contributed by atoms with E-state index in [2.05, 4.69) is 51.6 Å². The molecule has 1 aliphatic carbocycles. The molecule has 0 radical (unpaired) electrons. The van der Waals surface area contributed by atoms with Crippen molar-refractivity contribution in [2.45, 2.75) is 51.2 Å². The molecule has 1 unspecified atom stereocenters. The summed E-state index contributed by atoms with van der Waals surface area (Å²) in [6, 6.07) is 15.5. The first-order chi connectivity index (χ1) is 13.4. The lowest BCUT2D eigenvalue weighted by atomic mass is 10.1. The minimum absolute atomic E-state index is 0. The average molecular weight is 402 g/mol. The Morgan fingerprint density at radius 2 is 1.82 bits per heavy atom. The number of rotatable bonds is 8. The van der Waals surface area contributed by atoms with Crippen LogP contribution in [0, 0.1) is 5.92 Å². The van der Waals surface area contributed by atoms with Gasteiger partial charge in [0, 0.05) is 25.3 Å². The van der Waals surface area contributed by atoms with Crippen LogP contribution in [0.5, 0.6) is 5.75 Å². The van der Waals surface area contributed by atoms with E-state index < -0.39 is 0 Å². The number of hydrogen-bond acceptors (Lipinski definition) is 4. The Labute approximate surface area is 175 Å². The van der Waals surface area contributed by atoms with E-state index in [-0.39, 0.29) is 12.4 Å².